The first-order valence-electron chi connectivity index (χ1n) is 11.5. The molecule has 3 N–H and O–H groups in total. The summed E-state index contributed by atoms with van der Waals surface area (Å²) in [6.07, 6.45) is 8.62. The average Bonchev–Trinajstić information content (AvgIpc) is 3.27. The molecule has 1 atom stereocenters. The van der Waals surface area contributed by atoms with E-state index in [1.165, 1.54) is 11.1 Å². The van der Waals surface area contributed by atoms with E-state index in [4.69, 9.17) is 21.7 Å². The Balaban J connectivity index is 1.31. The molecule has 0 spiro atoms. The summed E-state index contributed by atoms with van der Waals surface area (Å²) in [6.45, 7) is 2.41. The number of carbonyl (C=O) groups is 1. The van der Waals surface area contributed by atoms with Crippen molar-refractivity contribution in [1.82, 2.24) is 15.6 Å². The highest BCUT2D eigenvalue weighted by atomic mass is 32.1. The number of fused-ring (bicyclic) bond motifs is 1. The maximum Gasteiger partial charge on any atom is 0.256 e. The lowest BCUT2D eigenvalue weighted by Crippen LogP contribution is -2.39. The van der Waals surface area contributed by atoms with Gasteiger partial charge in [-0.2, -0.15) is 0 Å². The van der Waals surface area contributed by atoms with Crippen LogP contribution in [0.5, 0.6) is 5.75 Å². The van der Waals surface area contributed by atoms with Crippen molar-refractivity contribution in [3.05, 3.63) is 64.6 Å². The molecule has 7 nitrogen and oxygen atoms in total. The zero-order valence-electron chi connectivity index (χ0n) is 18.5. The van der Waals surface area contributed by atoms with Crippen molar-refractivity contribution in [2.24, 2.45) is 0 Å². The van der Waals surface area contributed by atoms with Crippen LogP contribution in [0.3, 0.4) is 0 Å². The molecule has 2 aliphatic heterocycles. The largest absolute Gasteiger partial charge is 0.489 e. The van der Waals surface area contributed by atoms with Crippen LogP contribution in [0.15, 0.2) is 47.9 Å². The number of nitrogens with zero attached hydrogens (tertiary/aromatic N) is 1. The molecular formula is C25H28N4O3S. The van der Waals surface area contributed by atoms with E-state index in [0.717, 1.165) is 55.0 Å². The predicted octanol–water partition coefficient (Wildman–Crippen LogP) is 3.04. The number of nitrogens with one attached hydrogen (secondary N) is 3. The predicted molar refractivity (Wildman–Crippen MR) is 130 cm³/mol. The number of hydrogen-bond acceptors (Lipinski definition) is 6. The van der Waals surface area contributed by atoms with Crippen molar-refractivity contribution in [3.8, 4) is 5.75 Å². The van der Waals surface area contributed by atoms with Gasteiger partial charge in [-0.25, -0.2) is 0 Å². The molecule has 0 bridgehead atoms. The number of rotatable bonds is 8. The third-order valence-electron chi connectivity index (χ3n) is 6.39. The van der Waals surface area contributed by atoms with E-state index in [2.05, 4.69) is 27.0 Å². The number of carbonyl (C=O) groups excluding carboxylic acids is 1. The van der Waals surface area contributed by atoms with Gasteiger partial charge in [0.15, 0.2) is 0 Å². The molecule has 5 rings (SSSR count). The summed E-state index contributed by atoms with van der Waals surface area (Å²) in [5, 5.41) is 9.72. The minimum Gasteiger partial charge on any atom is -0.489 e. The Morgan fingerprint density at radius 2 is 2.18 bits per heavy atom. The molecule has 1 aromatic heterocycles. The quantitative estimate of drug-likeness (QED) is 0.518. The van der Waals surface area contributed by atoms with E-state index in [1.807, 2.05) is 18.2 Å². The fourth-order valence-corrected chi connectivity index (χ4v) is 4.80. The van der Waals surface area contributed by atoms with E-state index < -0.39 is 0 Å². The van der Waals surface area contributed by atoms with Crippen LogP contribution in [-0.4, -0.2) is 41.7 Å². The molecule has 1 saturated heterocycles. The van der Waals surface area contributed by atoms with Crippen molar-refractivity contribution in [1.29, 1.82) is 0 Å². The summed E-state index contributed by atoms with van der Waals surface area (Å²) in [4.78, 5) is 17.4. The van der Waals surface area contributed by atoms with E-state index in [1.54, 1.807) is 12.4 Å². The second kappa shape index (κ2) is 9.89. The number of anilines is 1. The smallest absolute Gasteiger partial charge is 0.256 e. The average molecular weight is 465 g/mol. The molecule has 0 saturated carbocycles. The molecule has 0 radical (unpaired) electrons. The molecule has 2 aromatic rings. The number of aryl methyl sites for hydroxylation is 1. The van der Waals surface area contributed by atoms with Crippen molar-refractivity contribution >= 4 is 28.8 Å². The highest BCUT2D eigenvalue weighted by Crippen LogP contribution is 2.29. The number of pyridine rings is 1. The standard InChI is InChI=1S/C25H28N4O3S/c30-24-23(25(33)29-20-6-2-4-16-3-1-5-19(16)20)21(8-11-27-24)28-13-17-7-10-26-14-22(17)32-15-18-9-12-31-18/h2,4,6-7,10,14,18,28H,1,3,5,8-9,11-13,15H2,(H,27,30)(H,29,33). The van der Waals surface area contributed by atoms with Crippen molar-refractivity contribution < 1.29 is 14.3 Å². The van der Waals surface area contributed by atoms with Gasteiger partial charge in [0.25, 0.3) is 5.91 Å². The first-order chi connectivity index (χ1) is 16.2. The fourth-order valence-electron chi connectivity index (χ4n) is 4.48. The molecule has 8 heteroatoms. The molecular weight excluding hydrogens is 436 g/mol. The van der Waals surface area contributed by atoms with Crippen LogP contribution >= 0.6 is 12.2 Å². The zero-order valence-corrected chi connectivity index (χ0v) is 19.3. The Morgan fingerprint density at radius 3 is 3.03 bits per heavy atom. The third kappa shape index (κ3) is 4.86. The van der Waals surface area contributed by atoms with Crippen LogP contribution in [0.1, 0.15) is 36.0 Å². The molecule has 3 heterocycles. The third-order valence-corrected chi connectivity index (χ3v) is 6.70. The maximum absolute atomic E-state index is 12.8. The van der Waals surface area contributed by atoms with Gasteiger partial charge in [-0.3, -0.25) is 9.78 Å². The second-order valence-electron chi connectivity index (χ2n) is 8.54. The van der Waals surface area contributed by atoms with Gasteiger partial charge in [0.1, 0.15) is 17.3 Å². The maximum atomic E-state index is 12.8. The molecule has 1 amide bonds. The molecule has 172 valence electrons. The summed E-state index contributed by atoms with van der Waals surface area (Å²) < 4.78 is 11.4. The summed E-state index contributed by atoms with van der Waals surface area (Å²) in [5.74, 6) is 0.575. The van der Waals surface area contributed by atoms with Gasteiger partial charge in [0, 0.05) is 55.7 Å². The van der Waals surface area contributed by atoms with Crippen LogP contribution in [-0.2, 0) is 28.9 Å². The first kappa shape index (κ1) is 21.9. The Kier molecular flexibility index (Phi) is 6.55. The van der Waals surface area contributed by atoms with Crippen LogP contribution in [0.2, 0.25) is 0 Å². The van der Waals surface area contributed by atoms with Gasteiger partial charge in [-0.15, -0.1) is 0 Å². The molecule has 1 fully saturated rings. The van der Waals surface area contributed by atoms with E-state index in [-0.39, 0.29) is 12.0 Å². The van der Waals surface area contributed by atoms with E-state index >= 15 is 0 Å². The molecule has 1 unspecified atom stereocenters. The van der Waals surface area contributed by atoms with Gasteiger partial charge in [-0.1, -0.05) is 24.4 Å². The van der Waals surface area contributed by atoms with E-state index in [9.17, 15) is 4.79 Å². The number of amides is 1. The summed E-state index contributed by atoms with van der Waals surface area (Å²) in [6, 6.07) is 8.18. The second-order valence-corrected chi connectivity index (χ2v) is 8.95. The normalized spacial score (nSPS) is 19.4. The topological polar surface area (TPSA) is 84.5 Å². The summed E-state index contributed by atoms with van der Waals surface area (Å²) in [5.41, 5.74) is 5.99. The van der Waals surface area contributed by atoms with Crippen LogP contribution in [0.4, 0.5) is 5.69 Å². The van der Waals surface area contributed by atoms with Crippen molar-refractivity contribution in [2.75, 3.05) is 25.1 Å². The monoisotopic (exact) mass is 464 g/mol. The lowest BCUT2D eigenvalue weighted by atomic mass is 10.0. The number of benzene rings is 1. The summed E-state index contributed by atoms with van der Waals surface area (Å²) in [7, 11) is 0. The number of hydrogen-bond donors (Lipinski definition) is 3. The molecule has 1 aliphatic carbocycles. The van der Waals surface area contributed by atoms with Crippen LogP contribution in [0, 0.1) is 0 Å². The Morgan fingerprint density at radius 1 is 1.27 bits per heavy atom. The number of thiocarbonyl (C=S) groups is 1. The minimum absolute atomic E-state index is 0.151. The van der Waals surface area contributed by atoms with E-state index in [0.29, 0.717) is 36.7 Å². The van der Waals surface area contributed by atoms with Gasteiger partial charge in [0.2, 0.25) is 0 Å². The Labute approximate surface area is 199 Å². The molecule has 1 aromatic carbocycles. The lowest BCUT2D eigenvalue weighted by molar-refractivity contribution is -0.117. The highest BCUT2D eigenvalue weighted by molar-refractivity contribution is 7.81. The Bertz CT molecular complexity index is 1100. The van der Waals surface area contributed by atoms with Gasteiger partial charge < -0.3 is 25.4 Å². The van der Waals surface area contributed by atoms with Crippen molar-refractivity contribution in [3.63, 3.8) is 0 Å². The fraction of sp³-hybridized carbons (Fsp3) is 0.400. The first-order valence-corrected chi connectivity index (χ1v) is 11.9. The zero-order chi connectivity index (χ0) is 22.6. The number of ether oxygens (including phenoxy) is 2. The van der Waals surface area contributed by atoms with Gasteiger partial charge in [-0.05, 0) is 42.5 Å². The van der Waals surface area contributed by atoms with Crippen molar-refractivity contribution in [2.45, 2.75) is 44.8 Å². The Hall–Kier alpha value is -2.97. The SMILES string of the molecule is O=C1NCCC(NCc2ccncc2OCC2CCO2)=C1C(=S)Nc1cccc2c1CCC2. The van der Waals surface area contributed by atoms with Crippen LogP contribution in [0.25, 0.3) is 0 Å². The highest BCUT2D eigenvalue weighted by Gasteiger charge is 2.25. The van der Waals surface area contributed by atoms with Crippen LogP contribution < -0.4 is 20.7 Å². The minimum atomic E-state index is -0.151. The lowest BCUT2D eigenvalue weighted by Gasteiger charge is -2.27. The van der Waals surface area contributed by atoms with Gasteiger partial charge >= 0.3 is 0 Å². The van der Waals surface area contributed by atoms with Gasteiger partial charge in [0.05, 0.1) is 17.9 Å². The molecule has 3 aliphatic rings. The molecule has 33 heavy (non-hydrogen) atoms. The summed E-state index contributed by atoms with van der Waals surface area (Å²) >= 11 is 5.71. The number of aromatic nitrogens is 1.